The normalized spacial score (nSPS) is 10.7. The molecule has 0 saturated carbocycles. The second kappa shape index (κ2) is 7.23. The van der Waals surface area contributed by atoms with Crippen molar-refractivity contribution in [2.24, 2.45) is 5.73 Å². The van der Waals surface area contributed by atoms with E-state index in [0.29, 0.717) is 16.9 Å². The van der Waals surface area contributed by atoms with Crippen LogP contribution in [0.25, 0.3) is 10.9 Å². The third-order valence-electron chi connectivity index (χ3n) is 3.96. The Morgan fingerprint density at radius 3 is 2.35 bits per heavy atom. The minimum absolute atomic E-state index is 0.203. The van der Waals surface area contributed by atoms with Crippen LogP contribution in [-0.2, 0) is 0 Å². The van der Waals surface area contributed by atoms with E-state index in [0.717, 1.165) is 16.6 Å². The van der Waals surface area contributed by atoms with Gasteiger partial charge in [0.05, 0.1) is 11.1 Å². The van der Waals surface area contributed by atoms with E-state index in [1.165, 1.54) is 0 Å². The summed E-state index contributed by atoms with van der Waals surface area (Å²) < 4.78 is 0. The van der Waals surface area contributed by atoms with Crippen molar-refractivity contribution in [1.82, 2.24) is 4.98 Å². The van der Waals surface area contributed by atoms with Crippen molar-refractivity contribution in [3.63, 3.8) is 0 Å². The van der Waals surface area contributed by atoms with Crippen LogP contribution in [0.2, 0.25) is 0 Å². The number of hydrogen-bond acceptors (Lipinski definition) is 3. The average Bonchev–Trinajstić information content (AvgIpc) is 2.60. The Kier molecular flexibility index (Phi) is 4.84. The molecule has 6 nitrogen and oxygen atoms in total. The lowest BCUT2D eigenvalue weighted by molar-refractivity contribution is 0.102. The fourth-order valence-electron chi connectivity index (χ4n) is 2.69. The first kappa shape index (κ1) is 17.4. The molecule has 0 radical (unpaired) electrons. The molecule has 26 heavy (non-hydrogen) atoms. The summed E-state index contributed by atoms with van der Waals surface area (Å²) in [7, 11) is 0. The minimum Gasteiger partial charge on any atom is -0.351 e. The van der Waals surface area contributed by atoms with Gasteiger partial charge < -0.3 is 16.4 Å². The highest BCUT2D eigenvalue weighted by Gasteiger charge is 2.15. The number of nitrogens with one attached hydrogen (secondary N) is 2. The molecule has 0 atom stereocenters. The summed E-state index contributed by atoms with van der Waals surface area (Å²) in [6.45, 7) is 4.08. The van der Waals surface area contributed by atoms with E-state index < -0.39 is 6.03 Å². The van der Waals surface area contributed by atoms with Crippen molar-refractivity contribution in [3.8, 4) is 0 Å². The third-order valence-corrected chi connectivity index (χ3v) is 3.96. The second-order valence-electron chi connectivity index (χ2n) is 6.29. The van der Waals surface area contributed by atoms with Gasteiger partial charge in [-0.1, -0.05) is 38.1 Å². The van der Waals surface area contributed by atoms with Gasteiger partial charge in [-0.2, -0.15) is 0 Å². The largest absolute Gasteiger partial charge is 0.351 e. The number of primary amides is 1. The summed E-state index contributed by atoms with van der Waals surface area (Å²) in [5.74, 6) is -0.0315. The van der Waals surface area contributed by atoms with Crippen molar-refractivity contribution in [2.75, 3.05) is 10.6 Å². The molecule has 0 saturated heterocycles. The third kappa shape index (κ3) is 3.80. The number of nitrogens with zero attached hydrogens (tertiary/aromatic N) is 1. The van der Waals surface area contributed by atoms with Crippen LogP contribution in [0.4, 0.5) is 16.2 Å². The highest BCUT2D eigenvalue weighted by atomic mass is 16.2. The quantitative estimate of drug-likeness (QED) is 0.662. The summed E-state index contributed by atoms with van der Waals surface area (Å²) in [6, 6.07) is 15.6. The molecule has 0 fully saturated rings. The molecule has 2 aromatic carbocycles. The number of amides is 3. The molecule has 0 aliphatic carbocycles. The zero-order chi connectivity index (χ0) is 18.7. The van der Waals surface area contributed by atoms with Crippen LogP contribution < -0.4 is 16.4 Å². The first-order valence-corrected chi connectivity index (χ1v) is 8.31. The van der Waals surface area contributed by atoms with E-state index in [9.17, 15) is 9.59 Å². The fraction of sp³-hybridized carbons (Fsp3) is 0.150. The Hall–Kier alpha value is -3.41. The number of pyridine rings is 1. The number of para-hydroxylation sites is 1. The fourth-order valence-corrected chi connectivity index (χ4v) is 2.69. The molecule has 0 spiro atoms. The highest BCUT2D eigenvalue weighted by molar-refractivity contribution is 6.12. The van der Waals surface area contributed by atoms with Crippen molar-refractivity contribution >= 4 is 34.2 Å². The number of nitrogens with two attached hydrogens (primary N) is 1. The molecule has 0 aliphatic rings. The van der Waals surface area contributed by atoms with Crippen LogP contribution in [-0.4, -0.2) is 16.9 Å². The molecule has 4 N–H and O–H groups in total. The number of anilines is 2. The highest BCUT2D eigenvalue weighted by Crippen LogP contribution is 2.24. The average molecular weight is 348 g/mol. The van der Waals surface area contributed by atoms with Crippen molar-refractivity contribution < 1.29 is 9.59 Å². The monoisotopic (exact) mass is 348 g/mol. The van der Waals surface area contributed by atoms with Gasteiger partial charge >= 0.3 is 6.03 Å². The molecule has 3 amide bonds. The van der Waals surface area contributed by atoms with Gasteiger partial charge in [-0.15, -0.1) is 0 Å². The number of carbonyl (C=O) groups excluding carboxylic acids is 2. The molecular weight excluding hydrogens is 328 g/mol. The summed E-state index contributed by atoms with van der Waals surface area (Å²) in [5.41, 5.74) is 8.41. The summed E-state index contributed by atoms with van der Waals surface area (Å²) >= 11 is 0. The maximum atomic E-state index is 12.9. The van der Waals surface area contributed by atoms with Gasteiger partial charge in [-0.25, -0.2) is 4.79 Å². The number of carbonyl (C=O) groups is 2. The molecule has 1 heterocycles. The summed E-state index contributed by atoms with van der Waals surface area (Å²) in [5, 5.41) is 6.15. The standard InChI is InChI=1S/C20H20N4O2/c1-12(2)18-11-16(15-8-3-4-9-17(15)24-18)19(25)22-13-6-5-7-14(10-13)23-20(21)26/h3-12H,1-2H3,(H,22,25)(H3,21,23,26). The maximum Gasteiger partial charge on any atom is 0.316 e. The van der Waals surface area contributed by atoms with Crippen molar-refractivity contribution in [3.05, 3.63) is 65.9 Å². The van der Waals surface area contributed by atoms with E-state index in [1.54, 1.807) is 24.3 Å². The Balaban J connectivity index is 1.96. The van der Waals surface area contributed by atoms with Gasteiger partial charge in [0.1, 0.15) is 0 Å². The predicted octanol–water partition coefficient (Wildman–Crippen LogP) is 4.10. The number of hydrogen-bond donors (Lipinski definition) is 3. The minimum atomic E-state index is -0.657. The maximum absolute atomic E-state index is 12.9. The van der Waals surface area contributed by atoms with Crippen LogP contribution >= 0.6 is 0 Å². The van der Waals surface area contributed by atoms with Crippen LogP contribution in [0, 0.1) is 0 Å². The topological polar surface area (TPSA) is 97.1 Å². The lowest BCUT2D eigenvalue weighted by atomic mass is 10.0. The van der Waals surface area contributed by atoms with Crippen LogP contribution in [0.5, 0.6) is 0 Å². The van der Waals surface area contributed by atoms with Gasteiger partial charge in [0.15, 0.2) is 0 Å². The van der Waals surface area contributed by atoms with Gasteiger partial charge in [0.2, 0.25) is 0 Å². The molecule has 1 aromatic heterocycles. The van der Waals surface area contributed by atoms with E-state index in [-0.39, 0.29) is 11.8 Å². The first-order valence-electron chi connectivity index (χ1n) is 8.31. The Morgan fingerprint density at radius 2 is 1.65 bits per heavy atom. The molecule has 0 aliphatic heterocycles. The number of rotatable bonds is 4. The molecule has 6 heteroatoms. The van der Waals surface area contributed by atoms with Crippen LogP contribution in [0.3, 0.4) is 0 Å². The zero-order valence-corrected chi connectivity index (χ0v) is 14.6. The predicted molar refractivity (Wildman–Crippen MR) is 103 cm³/mol. The molecule has 0 bridgehead atoms. The lowest BCUT2D eigenvalue weighted by Gasteiger charge is -2.12. The molecule has 3 rings (SSSR count). The number of benzene rings is 2. The van der Waals surface area contributed by atoms with Crippen molar-refractivity contribution in [2.45, 2.75) is 19.8 Å². The van der Waals surface area contributed by atoms with Gasteiger partial charge in [-0.05, 0) is 36.2 Å². The van der Waals surface area contributed by atoms with Gasteiger partial charge in [-0.3, -0.25) is 9.78 Å². The second-order valence-corrected chi connectivity index (χ2v) is 6.29. The number of urea groups is 1. The molecule has 3 aromatic rings. The summed E-state index contributed by atoms with van der Waals surface area (Å²) in [4.78, 5) is 28.5. The Bertz CT molecular complexity index is 982. The smallest absolute Gasteiger partial charge is 0.316 e. The number of fused-ring (bicyclic) bond motifs is 1. The zero-order valence-electron chi connectivity index (χ0n) is 14.6. The SMILES string of the molecule is CC(C)c1cc(C(=O)Nc2cccc(NC(N)=O)c2)c2ccccc2n1. The molecule has 132 valence electrons. The van der Waals surface area contributed by atoms with E-state index in [2.05, 4.69) is 15.6 Å². The molecular formula is C20H20N4O2. The van der Waals surface area contributed by atoms with E-state index >= 15 is 0 Å². The number of aromatic nitrogens is 1. The van der Waals surface area contributed by atoms with Gasteiger partial charge in [0.25, 0.3) is 5.91 Å². The van der Waals surface area contributed by atoms with Gasteiger partial charge in [0, 0.05) is 22.5 Å². The van der Waals surface area contributed by atoms with Crippen molar-refractivity contribution in [1.29, 1.82) is 0 Å². The van der Waals surface area contributed by atoms with Crippen LogP contribution in [0.15, 0.2) is 54.6 Å². The van der Waals surface area contributed by atoms with E-state index in [4.69, 9.17) is 5.73 Å². The summed E-state index contributed by atoms with van der Waals surface area (Å²) in [6.07, 6.45) is 0. The Morgan fingerprint density at radius 1 is 0.962 bits per heavy atom. The Labute approximate surface area is 151 Å². The molecule has 0 unspecified atom stereocenters. The van der Waals surface area contributed by atoms with Crippen LogP contribution in [0.1, 0.15) is 35.8 Å². The lowest BCUT2D eigenvalue weighted by Crippen LogP contribution is -2.19. The van der Waals surface area contributed by atoms with E-state index in [1.807, 2.05) is 44.2 Å². The first-order chi connectivity index (χ1) is 12.4.